The Morgan fingerprint density at radius 2 is 1.03 bits per heavy atom. The van der Waals surface area contributed by atoms with Gasteiger partial charge in [-0.15, -0.1) is 0 Å². The molecule has 0 aliphatic rings. The van der Waals surface area contributed by atoms with Crippen LogP contribution in [0.5, 0.6) is 0 Å². The van der Waals surface area contributed by atoms with Gasteiger partial charge in [0.1, 0.15) is 11.6 Å². The number of nitrogens with zero attached hydrogens (tertiary/aromatic N) is 4. The van der Waals surface area contributed by atoms with E-state index in [-0.39, 0.29) is 0 Å². The average molecular weight is 376 g/mol. The van der Waals surface area contributed by atoms with Gasteiger partial charge in [0.15, 0.2) is 0 Å². The molecule has 2 heterocycles. The fourth-order valence-corrected chi connectivity index (χ4v) is 3.67. The summed E-state index contributed by atoms with van der Waals surface area (Å²) in [5, 5.41) is 0. The molecular formula is C25H20N4. The Morgan fingerprint density at radius 3 is 1.48 bits per heavy atom. The number of aromatic nitrogens is 4. The summed E-state index contributed by atoms with van der Waals surface area (Å²) in [6, 6.07) is 27.0. The van der Waals surface area contributed by atoms with E-state index in [4.69, 9.17) is 0 Å². The second-order valence-corrected chi connectivity index (χ2v) is 7.00. The van der Waals surface area contributed by atoms with Gasteiger partial charge in [0.05, 0.1) is 0 Å². The summed E-state index contributed by atoms with van der Waals surface area (Å²) in [5.41, 5.74) is 5.48. The molecule has 0 saturated heterocycles. The van der Waals surface area contributed by atoms with Crippen LogP contribution in [0.2, 0.25) is 0 Å². The van der Waals surface area contributed by atoms with Gasteiger partial charge in [0.2, 0.25) is 0 Å². The van der Waals surface area contributed by atoms with E-state index in [9.17, 15) is 0 Å². The van der Waals surface area contributed by atoms with Crippen LogP contribution in [0.15, 0.2) is 104 Å². The molecule has 0 radical (unpaired) electrons. The van der Waals surface area contributed by atoms with Gasteiger partial charge in [-0.2, -0.15) is 0 Å². The first-order chi connectivity index (χ1) is 14.3. The molecule has 0 saturated carbocycles. The van der Waals surface area contributed by atoms with Crippen molar-refractivity contribution in [1.82, 2.24) is 19.1 Å². The minimum absolute atomic E-state index is 0.916. The molecule has 4 nitrogen and oxygen atoms in total. The Labute approximate surface area is 169 Å². The molecule has 29 heavy (non-hydrogen) atoms. The Kier molecular flexibility index (Phi) is 4.30. The highest BCUT2D eigenvalue weighted by molar-refractivity contribution is 5.70. The van der Waals surface area contributed by atoms with Crippen molar-refractivity contribution < 1.29 is 0 Å². The summed E-state index contributed by atoms with van der Waals surface area (Å²) < 4.78 is 4.23. The second-order valence-electron chi connectivity index (χ2n) is 7.00. The number of imidazole rings is 2. The number of para-hydroxylation sites is 2. The topological polar surface area (TPSA) is 35.6 Å². The third kappa shape index (κ3) is 3.25. The van der Waals surface area contributed by atoms with Crippen molar-refractivity contribution in [3.05, 3.63) is 109 Å². The molecule has 4 heteroatoms. The van der Waals surface area contributed by atoms with E-state index < -0.39 is 0 Å². The van der Waals surface area contributed by atoms with Crippen LogP contribution in [0.3, 0.4) is 0 Å². The smallest absolute Gasteiger partial charge is 0.144 e. The maximum Gasteiger partial charge on any atom is 0.144 e. The van der Waals surface area contributed by atoms with Crippen molar-refractivity contribution in [3.63, 3.8) is 0 Å². The van der Waals surface area contributed by atoms with Gasteiger partial charge < -0.3 is 0 Å². The van der Waals surface area contributed by atoms with Gasteiger partial charge in [-0.05, 0) is 55.0 Å². The van der Waals surface area contributed by atoms with Crippen LogP contribution in [0.4, 0.5) is 0 Å². The van der Waals surface area contributed by atoms with Crippen molar-refractivity contribution in [2.45, 2.75) is 6.92 Å². The van der Waals surface area contributed by atoms with Crippen molar-refractivity contribution >= 4 is 0 Å². The first-order valence-corrected chi connectivity index (χ1v) is 9.59. The van der Waals surface area contributed by atoms with Gasteiger partial charge in [-0.1, -0.05) is 36.4 Å². The van der Waals surface area contributed by atoms with Gasteiger partial charge in [0.25, 0.3) is 0 Å². The Balaban J connectivity index is 1.63. The maximum atomic E-state index is 4.64. The van der Waals surface area contributed by atoms with E-state index in [1.54, 1.807) is 0 Å². The number of hydrogen-bond donors (Lipinski definition) is 0. The van der Waals surface area contributed by atoms with E-state index in [2.05, 4.69) is 68.5 Å². The fraction of sp³-hybridized carbons (Fsp3) is 0.0400. The highest BCUT2D eigenvalue weighted by Crippen LogP contribution is 2.29. The third-order valence-corrected chi connectivity index (χ3v) is 4.94. The summed E-state index contributed by atoms with van der Waals surface area (Å²) in [7, 11) is 0. The largest absolute Gasteiger partial charge is 0.300 e. The maximum absolute atomic E-state index is 4.64. The van der Waals surface area contributed by atoms with E-state index in [0.29, 0.717) is 0 Å². The molecule has 0 N–H and O–H groups in total. The molecule has 0 bridgehead atoms. The molecule has 0 unspecified atom stereocenters. The Morgan fingerprint density at radius 1 is 0.586 bits per heavy atom. The Bertz CT molecular complexity index is 1150. The van der Waals surface area contributed by atoms with Crippen LogP contribution in [0.25, 0.3) is 34.2 Å². The van der Waals surface area contributed by atoms with Crippen LogP contribution in [-0.2, 0) is 0 Å². The SMILES string of the molecule is Cc1cc(-c2nccn2-c2ccccc2)cc(-c2nccn2-c2ccccc2)c1. The quantitative estimate of drug-likeness (QED) is 0.403. The molecule has 0 amide bonds. The van der Waals surface area contributed by atoms with Crippen molar-refractivity contribution in [2.24, 2.45) is 0 Å². The molecular weight excluding hydrogens is 356 g/mol. The number of rotatable bonds is 4. The summed E-state index contributed by atoms with van der Waals surface area (Å²) in [5.74, 6) is 1.83. The second kappa shape index (κ2) is 7.24. The molecule has 5 rings (SSSR count). The average Bonchev–Trinajstić information content (AvgIpc) is 3.44. The summed E-state index contributed by atoms with van der Waals surface area (Å²) in [6.45, 7) is 2.11. The first-order valence-electron chi connectivity index (χ1n) is 9.59. The van der Waals surface area contributed by atoms with E-state index >= 15 is 0 Å². The van der Waals surface area contributed by atoms with Crippen LogP contribution >= 0.6 is 0 Å². The highest BCUT2D eigenvalue weighted by atomic mass is 15.1. The highest BCUT2D eigenvalue weighted by Gasteiger charge is 2.13. The summed E-state index contributed by atoms with van der Waals surface area (Å²) >= 11 is 0. The van der Waals surface area contributed by atoms with Crippen LogP contribution in [-0.4, -0.2) is 19.1 Å². The van der Waals surface area contributed by atoms with Crippen LogP contribution in [0.1, 0.15) is 5.56 Å². The third-order valence-electron chi connectivity index (χ3n) is 4.94. The minimum atomic E-state index is 0.916. The van der Waals surface area contributed by atoms with E-state index in [1.165, 1.54) is 5.56 Å². The number of aryl methyl sites for hydroxylation is 1. The molecule has 0 spiro atoms. The molecule has 5 aromatic rings. The normalized spacial score (nSPS) is 10.9. The van der Waals surface area contributed by atoms with Gasteiger partial charge in [0, 0.05) is 47.3 Å². The molecule has 3 aromatic carbocycles. The Hall–Kier alpha value is -3.92. The van der Waals surface area contributed by atoms with Gasteiger partial charge >= 0.3 is 0 Å². The van der Waals surface area contributed by atoms with E-state index in [1.807, 2.05) is 61.2 Å². The first kappa shape index (κ1) is 17.2. The molecule has 0 atom stereocenters. The number of hydrogen-bond acceptors (Lipinski definition) is 2. The predicted molar refractivity (Wildman–Crippen MR) is 116 cm³/mol. The van der Waals surface area contributed by atoms with Crippen LogP contribution in [0, 0.1) is 6.92 Å². The lowest BCUT2D eigenvalue weighted by atomic mass is 10.0. The predicted octanol–water partition coefficient (Wildman–Crippen LogP) is 5.70. The lowest BCUT2D eigenvalue weighted by molar-refractivity contribution is 1.06. The van der Waals surface area contributed by atoms with E-state index in [0.717, 1.165) is 34.2 Å². The van der Waals surface area contributed by atoms with Gasteiger partial charge in [-0.3, -0.25) is 9.13 Å². The number of benzene rings is 3. The molecule has 2 aromatic heterocycles. The zero-order valence-corrected chi connectivity index (χ0v) is 16.1. The lowest BCUT2D eigenvalue weighted by Crippen LogP contribution is -1.99. The molecule has 0 aliphatic heterocycles. The van der Waals surface area contributed by atoms with Crippen LogP contribution < -0.4 is 0 Å². The van der Waals surface area contributed by atoms with Crippen molar-refractivity contribution in [2.75, 3.05) is 0 Å². The minimum Gasteiger partial charge on any atom is -0.300 e. The van der Waals surface area contributed by atoms with Gasteiger partial charge in [-0.25, -0.2) is 9.97 Å². The van der Waals surface area contributed by atoms with Crippen molar-refractivity contribution in [1.29, 1.82) is 0 Å². The zero-order chi connectivity index (χ0) is 19.6. The standard InChI is InChI=1S/C25H20N4/c1-19-16-20(24-26-12-14-28(24)22-8-4-2-5-9-22)18-21(17-19)25-27-13-15-29(25)23-10-6-3-7-11-23/h2-18H,1H3. The summed E-state index contributed by atoms with van der Waals surface area (Å²) in [4.78, 5) is 9.29. The summed E-state index contributed by atoms with van der Waals surface area (Å²) in [6.07, 6.45) is 7.68. The fourth-order valence-electron chi connectivity index (χ4n) is 3.67. The molecule has 0 fully saturated rings. The lowest BCUT2D eigenvalue weighted by Gasteiger charge is -2.12. The molecule has 0 aliphatic carbocycles. The van der Waals surface area contributed by atoms with Crippen molar-refractivity contribution in [3.8, 4) is 34.2 Å². The monoisotopic (exact) mass is 376 g/mol. The molecule has 140 valence electrons. The zero-order valence-electron chi connectivity index (χ0n) is 16.1.